The lowest BCUT2D eigenvalue weighted by molar-refractivity contribution is 0.0277. The second kappa shape index (κ2) is 18.5. The number of ether oxygens (including phenoxy) is 3. The molecule has 1 aromatic carbocycles. The third-order valence-electron chi connectivity index (χ3n) is 7.03. The monoisotopic (exact) mass is 860 g/mol. The van der Waals surface area contributed by atoms with Gasteiger partial charge in [0.25, 0.3) is 0 Å². The molecule has 5 aromatic rings. The highest BCUT2D eigenvalue weighted by molar-refractivity contribution is 9.11. The van der Waals surface area contributed by atoms with E-state index in [0.29, 0.717) is 24.2 Å². The first-order valence-corrected chi connectivity index (χ1v) is 19.9. The van der Waals surface area contributed by atoms with Crippen molar-refractivity contribution >= 4 is 62.6 Å². The molecule has 0 aliphatic carbocycles. The lowest BCUT2D eigenvalue weighted by Crippen LogP contribution is -2.33. The fraction of sp³-hybridized carbons (Fsp3) is 0.333. The first kappa shape index (κ1) is 42.7. The Morgan fingerprint density at radius 3 is 1.74 bits per heavy atom. The van der Waals surface area contributed by atoms with E-state index < -0.39 is 35.3 Å². The van der Waals surface area contributed by atoms with E-state index in [0.717, 1.165) is 39.5 Å². The van der Waals surface area contributed by atoms with Gasteiger partial charge in [0.1, 0.15) is 17.0 Å². The molecule has 0 saturated carbocycles. The number of hydrogen-bond acceptors (Lipinski definition) is 10. The highest BCUT2D eigenvalue weighted by atomic mass is 79.9. The Hall–Kier alpha value is -4.05. The zero-order valence-electron chi connectivity index (χ0n) is 31.5. The van der Waals surface area contributed by atoms with Crippen LogP contribution in [0.2, 0.25) is 0 Å². The average molecular weight is 862 g/mol. The normalized spacial score (nSPS) is 11.3. The van der Waals surface area contributed by atoms with Crippen LogP contribution in [0.1, 0.15) is 51.3 Å². The molecule has 0 radical (unpaired) electrons. The Bertz CT molecular complexity index is 2060. The summed E-state index contributed by atoms with van der Waals surface area (Å²) in [5.74, 6) is -0.293. The molecule has 0 atom stereocenters. The molecule has 0 aliphatic heterocycles. The second-order valence-corrected chi connectivity index (χ2v) is 18.9. The van der Waals surface area contributed by atoms with Crippen LogP contribution >= 0.6 is 50.4 Å². The minimum atomic E-state index is -0.571. The fourth-order valence-electron chi connectivity index (χ4n) is 4.67. The van der Waals surface area contributed by atoms with Gasteiger partial charge in [0, 0.05) is 63.4 Å². The molecule has 0 aliphatic rings. The highest BCUT2D eigenvalue weighted by Gasteiger charge is 2.23. The molecular formula is C39H43BrF2N4O5S3. The Balaban J connectivity index is 0.000000252. The predicted molar refractivity (Wildman–Crippen MR) is 215 cm³/mol. The van der Waals surface area contributed by atoms with Gasteiger partial charge in [0.15, 0.2) is 0 Å². The molecule has 2 amide bonds. The van der Waals surface area contributed by atoms with Crippen LogP contribution in [0.4, 0.5) is 18.4 Å². The van der Waals surface area contributed by atoms with Crippen molar-refractivity contribution in [3.8, 4) is 28.0 Å². The number of rotatable bonds is 9. The van der Waals surface area contributed by atoms with Gasteiger partial charge in [-0.15, -0.1) is 22.7 Å². The van der Waals surface area contributed by atoms with Gasteiger partial charge in [-0.1, -0.05) is 17.8 Å². The summed E-state index contributed by atoms with van der Waals surface area (Å²) < 4.78 is 46.1. The van der Waals surface area contributed by atoms with E-state index in [1.54, 1.807) is 45.5 Å². The number of nitrogens with zero attached hydrogens (tertiary/aromatic N) is 4. The molecule has 288 valence electrons. The molecule has 0 N–H and O–H groups in total. The summed E-state index contributed by atoms with van der Waals surface area (Å²) >= 11 is 7.94. The Labute approximate surface area is 335 Å². The van der Waals surface area contributed by atoms with Crippen molar-refractivity contribution in [2.75, 3.05) is 21.2 Å². The van der Waals surface area contributed by atoms with Crippen LogP contribution in [0.15, 0.2) is 85.9 Å². The van der Waals surface area contributed by atoms with Crippen LogP contribution in [-0.4, -0.2) is 64.4 Å². The summed E-state index contributed by atoms with van der Waals surface area (Å²) in [6.07, 6.45) is 2.04. The topological polar surface area (TPSA) is 94.1 Å². The van der Waals surface area contributed by atoms with E-state index in [9.17, 15) is 18.4 Å². The predicted octanol–water partition coefficient (Wildman–Crippen LogP) is 11.6. The molecular weight excluding hydrogens is 819 g/mol. The number of aromatic nitrogens is 2. The fourth-order valence-corrected chi connectivity index (χ4v) is 9.10. The summed E-state index contributed by atoms with van der Waals surface area (Å²) in [7, 11) is 4.98. The van der Waals surface area contributed by atoms with Crippen molar-refractivity contribution in [1.29, 1.82) is 0 Å². The van der Waals surface area contributed by atoms with E-state index >= 15 is 0 Å². The number of pyridine rings is 2. The number of benzene rings is 1. The Morgan fingerprint density at radius 1 is 0.741 bits per heavy atom. The van der Waals surface area contributed by atoms with Crippen LogP contribution in [0.3, 0.4) is 0 Å². The van der Waals surface area contributed by atoms with Gasteiger partial charge in [-0.25, -0.2) is 19.6 Å². The Kier molecular flexibility index (Phi) is 14.6. The maximum Gasteiger partial charge on any atom is 0.410 e. The molecule has 54 heavy (non-hydrogen) atoms. The second-order valence-electron chi connectivity index (χ2n) is 14.0. The average Bonchev–Trinajstić information content (AvgIpc) is 3.65. The standard InChI is InChI=1S/C23H25FN2O3S2.C16H18BrFN2O2S/c1-23(2,3)29-22(27)26(4)14-17-13-19(18-10-7-11-25-20(18)24)21(31-17)30-16-9-6-8-15(12-16)28-5;1-16(2,3)22-15(21)20(4)9-10-8-12(13(17)23-10)11-6-5-7-19-14(11)18/h6-13H,14H2,1-5H3;5-8H,9H2,1-4H3. The molecule has 0 spiro atoms. The van der Waals surface area contributed by atoms with Gasteiger partial charge >= 0.3 is 12.2 Å². The number of methoxy groups -OCH3 is 1. The van der Waals surface area contributed by atoms with Gasteiger partial charge in [-0.05, 0) is 112 Å². The van der Waals surface area contributed by atoms with E-state index in [1.807, 2.05) is 77.9 Å². The van der Waals surface area contributed by atoms with E-state index in [2.05, 4.69) is 25.9 Å². The molecule has 0 bridgehead atoms. The number of halogens is 3. The number of hydrogen-bond donors (Lipinski definition) is 0. The van der Waals surface area contributed by atoms with Crippen molar-refractivity contribution in [3.05, 3.63) is 98.5 Å². The molecule has 9 nitrogen and oxygen atoms in total. The van der Waals surface area contributed by atoms with Gasteiger partial charge in [-0.2, -0.15) is 8.78 Å². The molecule has 15 heteroatoms. The molecule has 5 rings (SSSR count). The van der Waals surface area contributed by atoms with Crippen LogP contribution < -0.4 is 4.74 Å². The van der Waals surface area contributed by atoms with Gasteiger partial charge in [-0.3, -0.25) is 0 Å². The van der Waals surface area contributed by atoms with Crippen LogP contribution in [0, 0.1) is 11.9 Å². The summed E-state index contributed by atoms with van der Waals surface area (Å²) in [6, 6.07) is 18.3. The highest BCUT2D eigenvalue weighted by Crippen LogP contribution is 2.44. The minimum Gasteiger partial charge on any atom is -0.497 e. The summed E-state index contributed by atoms with van der Waals surface area (Å²) in [5.41, 5.74) is 1.23. The van der Waals surface area contributed by atoms with E-state index in [-0.39, 0.29) is 0 Å². The van der Waals surface area contributed by atoms with Crippen LogP contribution in [0.25, 0.3) is 22.3 Å². The van der Waals surface area contributed by atoms with Crippen molar-refractivity contribution in [1.82, 2.24) is 19.8 Å². The third-order valence-corrected chi connectivity index (χ3v) is 11.2. The molecule has 0 unspecified atom stereocenters. The maximum absolute atomic E-state index is 14.5. The number of thiophene rings is 2. The molecule has 4 aromatic heterocycles. The quantitative estimate of drug-likeness (QED) is 0.135. The first-order chi connectivity index (χ1) is 25.3. The smallest absolute Gasteiger partial charge is 0.410 e. The summed E-state index contributed by atoms with van der Waals surface area (Å²) in [4.78, 5) is 37.6. The maximum atomic E-state index is 14.5. The molecule has 0 saturated heterocycles. The number of carbonyl (C=O) groups excluding carboxylic acids is 2. The first-order valence-electron chi connectivity index (χ1n) is 16.7. The van der Waals surface area contributed by atoms with E-state index in [4.69, 9.17) is 14.2 Å². The van der Waals surface area contributed by atoms with E-state index in [1.165, 1.54) is 56.6 Å². The lowest BCUT2D eigenvalue weighted by Gasteiger charge is -2.24. The third kappa shape index (κ3) is 12.5. The van der Waals surface area contributed by atoms with Gasteiger partial charge in [0.05, 0.1) is 28.2 Å². The van der Waals surface area contributed by atoms with Crippen molar-refractivity contribution in [2.24, 2.45) is 0 Å². The number of amides is 2. The Morgan fingerprint density at radius 2 is 1.24 bits per heavy atom. The zero-order valence-corrected chi connectivity index (χ0v) is 35.6. The summed E-state index contributed by atoms with van der Waals surface area (Å²) in [5, 5.41) is 0. The van der Waals surface area contributed by atoms with Crippen molar-refractivity contribution in [3.63, 3.8) is 0 Å². The largest absolute Gasteiger partial charge is 0.497 e. The van der Waals surface area contributed by atoms with Gasteiger partial charge in [0.2, 0.25) is 11.9 Å². The van der Waals surface area contributed by atoms with Crippen LogP contribution in [-0.2, 0) is 22.6 Å². The molecule has 0 fully saturated rings. The molecule has 4 heterocycles. The van der Waals surface area contributed by atoms with Crippen molar-refractivity contribution < 1.29 is 32.6 Å². The summed E-state index contributed by atoms with van der Waals surface area (Å²) in [6.45, 7) is 11.7. The zero-order chi connectivity index (χ0) is 39.8. The SMILES string of the molecule is CN(Cc1cc(-c2cccnc2F)c(Br)s1)C(=O)OC(C)(C)C.COc1cccc(Sc2sc(CN(C)C(=O)OC(C)(C)C)cc2-c2cccnc2F)c1. The number of carbonyl (C=O) groups is 2. The van der Waals surface area contributed by atoms with Crippen molar-refractivity contribution in [2.45, 2.75) is 74.9 Å². The van der Waals surface area contributed by atoms with Crippen LogP contribution in [0.5, 0.6) is 5.75 Å². The lowest BCUT2D eigenvalue weighted by atomic mass is 10.1. The van der Waals surface area contributed by atoms with Gasteiger partial charge < -0.3 is 24.0 Å². The minimum absolute atomic E-state index is 0.354.